The van der Waals surface area contributed by atoms with Crippen LogP contribution in [0.25, 0.3) is 11.6 Å². The SMILES string of the molecule is C[C@H](Oc1nc(-c2noc([C@@]3(C)CCCc4sc(N)c(C#N)c43)n2)nc(N2CCOC[C@](O)(C3CC3)C2)n1)C1C[C@@H](F)CN1C. The van der Waals surface area contributed by atoms with Crippen LogP contribution in [0.5, 0.6) is 6.01 Å². The lowest BCUT2D eigenvalue weighted by atomic mass is 9.72. The predicted molar refractivity (Wildman–Crippen MR) is 163 cm³/mol. The van der Waals surface area contributed by atoms with Crippen LogP contribution in [-0.4, -0.2) is 98.9 Å². The molecule has 3 N–H and O–H groups in total. The van der Waals surface area contributed by atoms with Gasteiger partial charge in [0, 0.05) is 29.6 Å². The number of aliphatic hydroxyl groups is 1. The third kappa shape index (κ3) is 5.51. The minimum atomic E-state index is -1.02. The molecule has 0 spiro atoms. The second kappa shape index (κ2) is 11.4. The molecular formula is C30H38FN9O4S. The van der Waals surface area contributed by atoms with Crippen molar-refractivity contribution in [1.82, 2.24) is 30.0 Å². The molecule has 0 bridgehead atoms. The third-order valence-corrected chi connectivity index (χ3v) is 10.9. The van der Waals surface area contributed by atoms with Crippen LogP contribution < -0.4 is 15.4 Å². The fourth-order valence-electron chi connectivity index (χ4n) is 7.16. The number of nitrogens with two attached hydrogens (primary N) is 1. The van der Waals surface area contributed by atoms with Crippen LogP contribution in [0, 0.1) is 17.2 Å². The highest BCUT2D eigenvalue weighted by atomic mass is 32.1. The summed E-state index contributed by atoms with van der Waals surface area (Å²) in [4.78, 5) is 23.6. The molecule has 3 aromatic heterocycles. The van der Waals surface area contributed by atoms with Crippen molar-refractivity contribution in [1.29, 1.82) is 5.26 Å². The van der Waals surface area contributed by atoms with Crippen molar-refractivity contribution in [3.05, 3.63) is 21.9 Å². The van der Waals surface area contributed by atoms with E-state index in [4.69, 9.17) is 29.7 Å². The second-order valence-corrected chi connectivity index (χ2v) is 14.3. The van der Waals surface area contributed by atoms with Gasteiger partial charge in [0.15, 0.2) is 0 Å². The summed E-state index contributed by atoms with van der Waals surface area (Å²) in [5.74, 6) is 1.09. The van der Waals surface area contributed by atoms with Gasteiger partial charge in [-0.05, 0) is 65.3 Å². The molecule has 2 aliphatic carbocycles. The summed E-state index contributed by atoms with van der Waals surface area (Å²) in [5, 5.41) is 26.1. The molecular weight excluding hydrogens is 601 g/mol. The van der Waals surface area contributed by atoms with Crippen LogP contribution in [0.4, 0.5) is 15.3 Å². The zero-order valence-corrected chi connectivity index (χ0v) is 26.5. The van der Waals surface area contributed by atoms with Crippen LogP contribution in [0.15, 0.2) is 4.52 Å². The largest absolute Gasteiger partial charge is 0.459 e. The number of likely N-dealkylation sites (N-methyl/N-ethyl adjacent to an activating group) is 1. The first-order chi connectivity index (χ1) is 21.6. The Labute approximate surface area is 264 Å². The molecule has 5 heterocycles. The van der Waals surface area contributed by atoms with Crippen molar-refractivity contribution in [2.45, 2.75) is 81.7 Å². The number of nitrogens with zero attached hydrogens (tertiary/aromatic N) is 8. The lowest BCUT2D eigenvalue weighted by molar-refractivity contribution is -0.0418. The number of nitrogen functional groups attached to an aromatic ring is 1. The molecule has 2 aliphatic heterocycles. The molecule has 13 nitrogen and oxygen atoms in total. The zero-order chi connectivity index (χ0) is 31.5. The fraction of sp³-hybridized carbons (Fsp3) is 0.667. The molecule has 3 fully saturated rings. The monoisotopic (exact) mass is 639 g/mol. The summed E-state index contributed by atoms with van der Waals surface area (Å²) in [7, 11) is 1.88. The molecule has 15 heteroatoms. The van der Waals surface area contributed by atoms with Gasteiger partial charge in [-0.2, -0.15) is 25.2 Å². The number of hydrogen-bond donors (Lipinski definition) is 2. The summed E-state index contributed by atoms with van der Waals surface area (Å²) in [5.41, 5.74) is 5.80. The van der Waals surface area contributed by atoms with Crippen molar-refractivity contribution in [3.8, 4) is 23.7 Å². The van der Waals surface area contributed by atoms with Crippen LogP contribution in [0.1, 0.15) is 67.8 Å². The van der Waals surface area contributed by atoms with E-state index in [9.17, 15) is 14.8 Å². The maximum absolute atomic E-state index is 14.2. The first-order valence-electron chi connectivity index (χ1n) is 15.6. The van der Waals surface area contributed by atoms with Gasteiger partial charge in [0.05, 0.1) is 30.7 Å². The van der Waals surface area contributed by atoms with Gasteiger partial charge < -0.3 is 29.7 Å². The van der Waals surface area contributed by atoms with E-state index in [2.05, 4.69) is 21.2 Å². The minimum Gasteiger partial charge on any atom is -0.459 e. The van der Waals surface area contributed by atoms with E-state index in [0.717, 1.165) is 36.1 Å². The number of anilines is 2. The highest BCUT2D eigenvalue weighted by molar-refractivity contribution is 7.16. The summed E-state index contributed by atoms with van der Waals surface area (Å²) in [6, 6.07) is 2.17. The topological polar surface area (TPSA) is 173 Å². The first-order valence-corrected chi connectivity index (χ1v) is 16.4. The summed E-state index contributed by atoms with van der Waals surface area (Å²) in [6.07, 6.45) is 3.34. The van der Waals surface area contributed by atoms with E-state index in [1.165, 1.54) is 11.3 Å². The quantitative estimate of drug-likeness (QED) is 0.387. The molecule has 1 saturated carbocycles. The molecule has 0 amide bonds. The Morgan fingerprint density at radius 3 is 2.80 bits per heavy atom. The number of β-amino-alcohol motifs (C(OH)–C–C–N with tert-alkyl or cyclic N) is 1. The average molecular weight is 640 g/mol. The number of hydrogen-bond acceptors (Lipinski definition) is 14. The number of aromatic nitrogens is 5. The number of alkyl halides is 1. The number of halogens is 1. The molecule has 4 aliphatic rings. The van der Waals surface area contributed by atoms with E-state index in [-0.39, 0.29) is 36.2 Å². The van der Waals surface area contributed by atoms with Crippen molar-refractivity contribution >= 4 is 22.3 Å². The normalized spacial score (nSPS) is 29.6. The molecule has 5 atom stereocenters. The van der Waals surface area contributed by atoms with Crippen LogP contribution in [0.2, 0.25) is 0 Å². The number of fused-ring (bicyclic) bond motifs is 1. The highest BCUT2D eigenvalue weighted by Crippen LogP contribution is 2.48. The number of likely N-dealkylation sites (tertiary alicyclic amines) is 1. The minimum absolute atomic E-state index is 0.0493. The zero-order valence-electron chi connectivity index (χ0n) is 25.7. The predicted octanol–water partition coefficient (Wildman–Crippen LogP) is 2.87. The summed E-state index contributed by atoms with van der Waals surface area (Å²) in [6.45, 7) is 5.60. The second-order valence-electron chi connectivity index (χ2n) is 13.1. The van der Waals surface area contributed by atoms with Crippen molar-refractivity contribution < 1.29 is 23.5 Å². The van der Waals surface area contributed by atoms with Crippen LogP contribution in [-0.2, 0) is 16.6 Å². The van der Waals surface area contributed by atoms with E-state index < -0.39 is 23.3 Å². The standard InChI is InChI=1S/C30H38FN9O4S/c1-16(20-11-18(31)13-39(20)3)43-28-36-24(35-27(37-28)40-9-10-42-15-30(41,14-40)17-6-7-17)25-34-26(44-38-25)29(2)8-4-5-21-22(29)19(12-32)23(33)45-21/h16-18,20,41H,4-11,13-15,33H2,1-3H3/t16-,18+,20?,29-,30-/m0/s1. The maximum Gasteiger partial charge on any atom is 0.322 e. The Hall–Kier alpha value is -3.45. The van der Waals surface area contributed by atoms with Crippen LogP contribution >= 0.6 is 11.3 Å². The van der Waals surface area contributed by atoms with Gasteiger partial charge >= 0.3 is 6.01 Å². The molecule has 0 radical (unpaired) electrons. The summed E-state index contributed by atoms with van der Waals surface area (Å²) >= 11 is 1.44. The van der Waals surface area contributed by atoms with Crippen molar-refractivity contribution in [2.24, 2.45) is 5.92 Å². The van der Waals surface area contributed by atoms with Crippen molar-refractivity contribution in [2.75, 3.05) is 50.5 Å². The Morgan fingerprint density at radius 1 is 1.24 bits per heavy atom. The lowest BCUT2D eigenvalue weighted by Crippen LogP contribution is -2.47. The molecule has 45 heavy (non-hydrogen) atoms. The Kier molecular flexibility index (Phi) is 7.66. The molecule has 3 aromatic rings. The number of thiophene rings is 1. The van der Waals surface area contributed by atoms with Crippen LogP contribution in [0.3, 0.4) is 0 Å². The summed E-state index contributed by atoms with van der Waals surface area (Å²) < 4.78 is 32.1. The van der Waals surface area contributed by atoms with Gasteiger partial charge in [0.25, 0.3) is 0 Å². The maximum atomic E-state index is 14.2. The van der Waals surface area contributed by atoms with E-state index >= 15 is 0 Å². The molecule has 1 unspecified atom stereocenters. The molecule has 7 rings (SSSR count). The number of nitriles is 1. The third-order valence-electron chi connectivity index (χ3n) is 9.78. The van der Waals surface area contributed by atoms with Gasteiger partial charge in [-0.1, -0.05) is 5.16 Å². The smallest absolute Gasteiger partial charge is 0.322 e. The molecule has 0 aromatic carbocycles. The Morgan fingerprint density at radius 2 is 2.07 bits per heavy atom. The number of aryl methyl sites for hydroxylation is 1. The van der Waals surface area contributed by atoms with Gasteiger partial charge in [-0.25, -0.2) is 4.39 Å². The van der Waals surface area contributed by atoms with Gasteiger partial charge in [-0.15, -0.1) is 11.3 Å². The molecule has 2 saturated heterocycles. The van der Waals surface area contributed by atoms with Gasteiger partial charge in [-0.3, -0.25) is 4.90 Å². The lowest BCUT2D eigenvalue weighted by Gasteiger charge is -2.31. The van der Waals surface area contributed by atoms with Gasteiger partial charge in [0.2, 0.25) is 23.5 Å². The molecule has 240 valence electrons. The van der Waals surface area contributed by atoms with Crippen molar-refractivity contribution in [3.63, 3.8) is 0 Å². The van der Waals surface area contributed by atoms with E-state index in [1.807, 2.05) is 30.7 Å². The number of rotatable bonds is 7. The average Bonchev–Trinajstić information content (AvgIpc) is 3.58. The Balaban J connectivity index is 1.25. The first kappa shape index (κ1) is 30.2. The fourth-order valence-corrected chi connectivity index (χ4v) is 8.36. The van der Waals surface area contributed by atoms with E-state index in [1.54, 1.807) is 0 Å². The number of ether oxygens (including phenoxy) is 2. The van der Waals surface area contributed by atoms with Gasteiger partial charge in [0.1, 0.15) is 28.9 Å². The Bertz CT molecular complexity index is 1620. The van der Waals surface area contributed by atoms with E-state index in [0.29, 0.717) is 61.5 Å². The highest BCUT2D eigenvalue weighted by Gasteiger charge is 2.47.